The van der Waals surface area contributed by atoms with Crippen LogP contribution in [0.25, 0.3) is 0 Å². The molecule has 0 aromatic heterocycles. The molecule has 1 aromatic rings. The zero-order valence-electron chi connectivity index (χ0n) is 10.1. The van der Waals surface area contributed by atoms with E-state index in [2.05, 4.69) is 0 Å². The van der Waals surface area contributed by atoms with Crippen molar-refractivity contribution in [2.24, 2.45) is 0 Å². The van der Waals surface area contributed by atoms with Gasteiger partial charge in [0.2, 0.25) is 0 Å². The van der Waals surface area contributed by atoms with E-state index in [1.807, 2.05) is 0 Å². The molecule has 1 saturated carbocycles. The summed E-state index contributed by atoms with van der Waals surface area (Å²) in [7, 11) is 0. The number of rotatable bonds is 4. The lowest BCUT2D eigenvalue weighted by Gasteiger charge is -2.20. The topological polar surface area (TPSA) is 17.1 Å². The summed E-state index contributed by atoms with van der Waals surface area (Å²) in [4.78, 5) is 11.8. The molecule has 0 spiro atoms. The molecule has 0 saturated heterocycles. The third-order valence-electron chi connectivity index (χ3n) is 3.23. The van der Waals surface area contributed by atoms with Crippen molar-refractivity contribution < 1.29 is 13.6 Å². The van der Waals surface area contributed by atoms with E-state index in [1.165, 1.54) is 25.3 Å². The highest BCUT2D eigenvalue weighted by Gasteiger charge is 2.17. The number of halogens is 2. The predicted octanol–water partition coefficient (Wildman–Crippen LogP) is 4.21. The summed E-state index contributed by atoms with van der Waals surface area (Å²) in [6.45, 7) is 0. The Bertz CT molecular complexity index is 428. The summed E-state index contributed by atoms with van der Waals surface area (Å²) in [5, 5.41) is 0.520. The number of carbonyl (C=O) groups is 1. The average molecular weight is 270 g/mol. The van der Waals surface area contributed by atoms with Crippen LogP contribution in [0, 0.1) is 11.6 Å². The second-order valence-corrected chi connectivity index (χ2v) is 5.91. The van der Waals surface area contributed by atoms with Crippen molar-refractivity contribution in [2.75, 3.05) is 5.75 Å². The fourth-order valence-electron chi connectivity index (χ4n) is 2.22. The van der Waals surface area contributed by atoms with Gasteiger partial charge in [0.05, 0.1) is 11.3 Å². The van der Waals surface area contributed by atoms with Gasteiger partial charge in [0.25, 0.3) is 0 Å². The van der Waals surface area contributed by atoms with Crippen LogP contribution >= 0.6 is 11.8 Å². The molecule has 0 bridgehead atoms. The molecule has 0 radical (unpaired) electrons. The Morgan fingerprint density at radius 1 is 1.22 bits per heavy atom. The van der Waals surface area contributed by atoms with E-state index in [4.69, 9.17) is 0 Å². The molecule has 0 amide bonds. The summed E-state index contributed by atoms with van der Waals surface area (Å²) >= 11 is 1.60. The van der Waals surface area contributed by atoms with Crippen molar-refractivity contribution in [1.29, 1.82) is 0 Å². The van der Waals surface area contributed by atoms with Crippen molar-refractivity contribution in [2.45, 2.75) is 37.4 Å². The van der Waals surface area contributed by atoms with Gasteiger partial charge in [0, 0.05) is 11.3 Å². The molecule has 0 aliphatic heterocycles. The molecule has 98 valence electrons. The number of hydrogen-bond donors (Lipinski definition) is 0. The van der Waals surface area contributed by atoms with Crippen LogP contribution in [0.3, 0.4) is 0 Å². The largest absolute Gasteiger partial charge is 0.293 e. The van der Waals surface area contributed by atoms with Gasteiger partial charge in [-0.2, -0.15) is 11.8 Å². The second-order valence-electron chi connectivity index (χ2n) is 4.62. The minimum absolute atomic E-state index is 0.000269. The Kier molecular flexibility index (Phi) is 4.75. The van der Waals surface area contributed by atoms with Gasteiger partial charge in [-0.1, -0.05) is 19.3 Å². The molecule has 0 unspecified atom stereocenters. The number of thioether (sulfide) groups is 1. The standard InChI is InChI=1S/C14H16F2OS/c15-10-6-7-12(13(16)8-10)14(17)9-18-11-4-2-1-3-5-11/h6-8,11H,1-5,9H2. The Hall–Kier alpha value is -0.900. The van der Waals surface area contributed by atoms with Gasteiger partial charge >= 0.3 is 0 Å². The van der Waals surface area contributed by atoms with E-state index in [0.29, 0.717) is 5.25 Å². The van der Waals surface area contributed by atoms with E-state index in [9.17, 15) is 13.6 Å². The molecule has 1 nitrogen and oxygen atoms in total. The first-order valence-electron chi connectivity index (χ1n) is 6.26. The lowest BCUT2D eigenvalue weighted by molar-refractivity contribution is 0.101. The third-order valence-corrected chi connectivity index (χ3v) is 4.61. The highest BCUT2D eigenvalue weighted by molar-refractivity contribution is 8.00. The number of benzene rings is 1. The summed E-state index contributed by atoms with van der Waals surface area (Å²) in [6.07, 6.45) is 6.00. The van der Waals surface area contributed by atoms with Gasteiger partial charge in [0.1, 0.15) is 11.6 Å². The monoisotopic (exact) mass is 270 g/mol. The van der Waals surface area contributed by atoms with Crippen LogP contribution in [-0.4, -0.2) is 16.8 Å². The molecular weight excluding hydrogens is 254 g/mol. The smallest absolute Gasteiger partial charge is 0.175 e. The lowest BCUT2D eigenvalue weighted by Crippen LogP contribution is -2.13. The molecule has 18 heavy (non-hydrogen) atoms. The van der Waals surface area contributed by atoms with Crippen LogP contribution in [0.15, 0.2) is 18.2 Å². The summed E-state index contributed by atoms with van der Waals surface area (Å²) in [5.41, 5.74) is -0.000269. The number of ketones is 1. The molecule has 0 N–H and O–H groups in total. The van der Waals surface area contributed by atoms with E-state index >= 15 is 0 Å². The SMILES string of the molecule is O=C(CSC1CCCCC1)c1ccc(F)cc1F. The molecule has 2 rings (SSSR count). The first-order chi connectivity index (χ1) is 8.66. The lowest BCUT2D eigenvalue weighted by atomic mass is 10.0. The van der Waals surface area contributed by atoms with E-state index in [1.54, 1.807) is 11.8 Å². The van der Waals surface area contributed by atoms with Crippen molar-refractivity contribution in [3.63, 3.8) is 0 Å². The molecule has 1 aromatic carbocycles. The summed E-state index contributed by atoms with van der Waals surface area (Å²) in [6, 6.07) is 3.12. The highest BCUT2D eigenvalue weighted by atomic mass is 32.2. The third kappa shape index (κ3) is 3.55. The predicted molar refractivity (Wildman–Crippen MR) is 70.0 cm³/mol. The van der Waals surface area contributed by atoms with Crippen LogP contribution in [-0.2, 0) is 0 Å². The molecule has 0 heterocycles. The molecule has 1 aliphatic carbocycles. The van der Waals surface area contributed by atoms with Gasteiger partial charge in [0.15, 0.2) is 5.78 Å². The maximum Gasteiger partial charge on any atom is 0.175 e. The molecule has 1 aliphatic rings. The number of Topliss-reactive ketones (excluding diaryl/α,β-unsaturated/α-hetero) is 1. The second kappa shape index (κ2) is 6.32. The molecule has 0 atom stereocenters. The molecule has 4 heteroatoms. The van der Waals surface area contributed by atoms with Gasteiger partial charge in [-0.25, -0.2) is 8.78 Å². The maximum atomic E-state index is 13.4. The van der Waals surface area contributed by atoms with Crippen LogP contribution in [0.4, 0.5) is 8.78 Å². The number of carbonyl (C=O) groups excluding carboxylic acids is 1. The Morgan fingerprint density at radius 3 is 2.61 bits per heavy atom. The van der Waals surface area contributed by atoms with E-state index in [-0.39, 0.29) is 17.1 Å². The zero-order chi connectivity index (χ0) is 13.0. The van der Waals surface area contributed by atoms with Gasteiger partial charge < -0.3 is 0 Å². The van der Waals surface area contributed by atoms with Crippen LogP contribution in [0.5, 0.6) is 0 Å². The Balaban J connectivity index is 1.90. The molecule has 1 fully saturated rings. The van der Waals surface area contributed by atoms with Crippen LogP contribution in [0.2, 0.25) is 0 Å². The van der Waals surface area contributed by atoms with E-state index < -0.39 is 11.6 Å². The minimum Gasteiger partial charge on any atom is -0.293 e. The first kappa shape index (κ1) is 13.5. The summed E-state index contributed by atoms with van der Waals surface area (Å²) < 4.78 is 26.1. The summed E-state index contributed by atoms with van der Waals surface area (Å²) in [5.74, 6) is -1.37. The van der Waals surface area contributed by atoms with Crippen LogP contribution < -0.4 is 0 Å². The zero-order valence-corrected chi connectivity index (χ0v) is 10.9. The van der Waals surface area contributed by atoms with Crippen molar-refractivity contribution in [3.05, 3.63) is 35.4 Å². The maximum absolute atomic E-state index is 13.4. The number of hydrogen-bond acceptors (Lipinski definition) is 2. The first-order valence-corrected chi connectivity index (χ1v) is 7.31. The minimum atomic E-state index is -0.760. The Labute approximate surface area is 110 Å². The van der Waals surface area contributed by atoms with Crippen molar-refractivity contribution in [1.82, 2.24) is 0 Å². The quantitative estimate of drug-likeness (QED) is 0.762. The fourth-order valence-corrected chi connectivity index (χ4v) is 3.43. The van der Waals surface area contributed by atoms with Gasteiger partial charge in [-0.15, -0.1) is 0 Å². The van der Waals surface area contributed by atoms with Crippen molar-refractivity contribution in [3.8, 4) is 0 Å². The molecular formula is C14H16F2OS. The fraction of sp³-hybridized carbons (Fsp3) is 0.500. The normalized spacial score (nSPS) is 16.8. The van der Waals surface area contributed by atoms with Gasteiger partial charge in [-0.05, 0) is 25.0 Å². The Morgan fingerprint density at radius 2 is 1.94 bits per heavy atom. The van der Waals surface area contributed by atoms with Crippen molar-refractivity contribution >= 4 is 17.5 Å². The van der Waals surface area contributed by atoms with E-state index in [0.717, 1.165) is 25.0 Å². The highest BCUT2D eigenvalue weighted by Crippen LogP contribution is 2.28. The average Bonchev–Trinajstić information content (AvgIpc) is 2.37. The van der Waals surface area contributed by atoms with Crippen LogP contribution in [0.1, 0.15) is 42.5 Å². The van der Waals surface area contributed by atoms with Gasteiger partial charge in [-0.3, -0.25) is 4.79 Å².